The van der Waals surface area contributed by atoms with Crippen LogP contribution < -0.4 is 14.4 Å². The van der Waals surface area contributed by atoms with Crippen LogP contribution in [0, 0.1) is 5.82 Å². The van der Waals surface area contributed by atoms with E-state index in [4.69, 9.17) is 9.47 Å². The maximum Gasteiger partial charge on any atom is 0.250 e. The third-order valence-corrected chi connectivity index (χ3v) is 5.21. The van der Waals surface area contributed by atoms with E-state index in [0.29, 0.717) is 5.88 Å². The van der Waals surface area contributed by atoms with E-state index in [2.05, 4.69) is 19.9 Å². The van der Waals surface area contributed by atoms with Gasteiger partial charge < -0.3 is 14.4 Å². The van der Waals surface area contributed by atoms with E-state index < -0.39 is 5.82 Å². The molecule has 0 amide bonds. The average molecular weight is 372 g/mol. The lowest BCUT2D eigenvalue weighted by Gasteiger charge is -2.32. The van der Waals surface area contributed by atoms with Crippen molar-refractivity contribution in [1.82, 2.24) is 15.0 Å². The van der Waals surface area contributed by atoms with Crippen LogP contribution in [0.4, 0.5) is 10.2 Å². The molecule has 0 unspecified atom stereocenters. The normalized spacial score (nSPS) is 19.1. The SMILES string of the molecule is Fc1cccnc1OC1CCN(c2cncc(OC3CCCCC3)n2)CC1. The summed E-state index contributed by atoms with van der Waals surface area (Å²) in [6.07, 6.45) is 12.7. The Bertz CT molecular complexity index is 746. The minimum absolute atomic E-state index is 0.0414. The Labute approximate surface area is 158 Å². The van der Waals surface area contributed by atoms with Gasteiger partial charge in [0.2, 0.25) is 5.88 Å². The largest absolute Gasteiger partial charge is 0.473 e. The highest BCUT2D eigenvalue weighted by molar-refractivity contribution is 5.38. The van der Waals surface area contributed by atoms with Crippen LogP contribution in [-0.2, 0) is 0 Å². The summed E-state index contributed by atoms with van der Waals surface area (Å²) in [6.45, 7) is 1.56. The van der Waals surface area contributed by atoms with Gasteiger partial charge >= 0.3 is 0 Å². The summed E-state index contributed by atoms with van der Waals surface area (Å²) >= 11 is 0. The van der Waals surface area contributed by atoms with Gasteiger partial charge in [-0.05, 0) is 37.8 Å². The van der Waals surface area contributed by atoms with Crippen molar-refractivity contribution < 1.29 is 13.9 Å². The topological polar surface area (TPSA) is 60.4 Å². The third kappa shape index (κ3) is 4.64. The number of halogens is 1. The van der Waals surface area contributed by atoms with Crippen molar-refractivity contribution in [2.24, 2.45) is 0 Å². The quantitative estimate of drug-likeness (QED) is 0.796. The molecule has 27 heavy (non-hydrogen) atoms. The Balaban J connectivity index is 1.32. The fourth-order valence-corrected chi connectivity index (χ4v) is 3.72. The van der Waals surface area contributed by atoms with Gasteiger partial charge in [0.05, 0.1) is 12.4 Å². The molecule has 0 aromatic carbocycles. The molecular formula is C20H25FN4O2. The van der Waals surface area contributed by atoms with Crippen molar-refractivity contribution in [2.75, 3.05) is 18.0 Å². The fraction of sp³-hybridized carbons (Fsp3) is 0.550. The van der Waals surface area contributed by atoms with Crippen LogP contribution in [0.2, 0.25) is 0 Å². The number of hydrogen-bond acceptors (Lipinski definition) is 6. The van der Waals surface area contributed by atoms with Crippen molar-refractivity contribution >= 4 is 5.82 Å². The first-order chi connectivity index (χ1) is 13.3. The van der Waals surface area contributed by atoms with Crippen molar-refractivity contribution in [2.45, 2.75) is 57.2 Å². The first-order valence-corrected chi connectivity index (χ1v) is 9.79. The molecule has 1 aliphatic carbocycles. The Morgan fingerprint density at radius 1 is 0.963 bits per heavy atom. The molecule has 3 heterocycles. The zero-order valence-corrected chi connectivity index (χ0v) is 15.4. The van der Waals surface area contributed by atoms with Crippen molar-refractivity contribution in [3.8, 4) is 11.8 Å². The molecular weight excluding hydrogens is 347 g/mol. The molecule has 0 atom stereocenters. The van der Waals surface area contributed by atoms with Gasteiger partial charge in [-0.3, -0.25) is 4.98 Å². The minimum Gasteiger partial charge on any atom is -0.473 e. The summed E-state index contributed by atoms with van der Waals surface area (Å²) in [6, 6.07) is 2.93. The van der Waals surface area contributed by atoms with Gasteiger partial charge in [0.25, 0.3) is 5.88 Å². The molecule has 0 radical (unpaired) electrons. The Kier molecular flexibility index (Phi) is 5.65. The molecule has 0 spiro atoms. The molecule has 4 rings (SSSR count). The first-order valence-electron chi connectivity index (χ1n) is 9.79. The minimum atomic E-state index is -0.418. The molecule has 144 valence electrons. The zero-order valence-electron chi connectivity index (χ0n) is 15.4. The molecule has 2 aliphatic rings. The fourth-order valence-electron chi connectivity index (χ4n) is 3.72. The summed E-state index contributed by atoms with van der Waals surface area (Å²) in [5, 5.41) is 0. The molecule has 1 saturated carbocycles. The Morgan fingerprint density at radius 2 is 1.74 bits per heavy atom. The second-order valence-corrected chi connectivity index (χ2v) is 7.19. The number of rotatable bonds is 5. The van der Waals surface area contributed by atoms with Crippen LogP contribution in [0.25, 0.3) is 0 Å². The van der Waals surface area contributed by atoms with E-state index in [-0.39, 0.29) is 18.1 Å². The Morgan fingerprint density at radius 3 is 2.52 bits per heavy atom. The van der Waals surface area contributed by atoms with Crippen LogP contribution >= 0.6 is 0 Å². The van der Waals surface area contributed by atoms with E-state index in [9.17, 15) is 4.39 Å². The molecule has 1 saturated heterocycles. The van der Waals surface area contributed by atoms with Gasteiger partial charge in [0.1, 0.15) is 12.2 Å². The number of hydrogen-bond donors (Lipinski definition) is 0. The van der Waals surface area contributed by atoms with Gasteiger partial charge in [-0.25, -0.2) is 9.37 Å². The summed E-state index contributed by atoms with van der Waals surface area (Å²) in [5.41, 5.74) is 0. The van der Waals surface area contributed by atoms with Crippen LogP contribution in [0.3, 0.4) is 0 Å². The molecule has 0 bridgehead atoms. The van der Waals surface area contributed by atoms with Crippen LogP contribution in [-0.4, -0.2) is 40.2 Å². The van der Waals surface area contributed by atoms with E-state index in [0.717, 1.165) is 44.6 Å². The predicted octanol–water partition coefficient (Wildman–Crippen LogP) is 3.77. The average Bonchev–Trinajstić information content (AvgIpc) is 2.71. The van der Waals surface area contributed by atoms with E-state index in [1.807, 2.05) is 0 Å². The zero-order chi connectivity index (χ0) is 18.5. The van der Waals surface area contributed by atoms with Crippen molar-refractivity contribution in [3.63, 3.8) is 0 Å². The lowest BCUT2D eigenvalue weighted by atomic mass is 9.98. The Hall–Kier alpha value is -2.44. The summed E-state index contributed by atoms with van der Waals surface area (Å²) in [7, 11) is 0. The highest BCUT2D eigenvalue weighted by atomic mass is 19.1. The smallest absolute Gasteiger partial charge is 0.250 e. The molecule has 0 N–H and O–H groups in total. The number of nitrogens with zero attached hydrogens (tertiary/aromatic N) is 4. The second-order valence-electron chi connectivity index (χ2n) is 7.19. The lowest BCUT2D eigenvalue weighted by molar-refractivity contribution is 0.147. The number of piperidine rings is 1. The molecule has 7 heteroatoms. The van der Waals surface area contributed by atoms with Crippen LogP contribution in [0.15, 0.2) is 30.7 Å². The lowest BCUT2D eigenvalue weighted by Crippen LogP contribution is -2.39. The van der Waals surface area contributed by atoms with E-state index in [1.165, 1.54) is 25.3 Å². The van der Waals surface area contributed by atoms with Gasteiger partial charge in [-0.15, -0.1) is 0 Å². The predicted molar refractivity (Wildman–Crippen MR) is 99.6 cm³/mol. The van der Waals surface area contributed by atoms with E-state index in [1.54, 1.807) is 24.7 Å². The molecule has 2 fully saturated rings. The maximum absolute atomic E-state index is 13.7. The van der Waals surface area contributed by atoms with Crippen molar-refractivity contribution in [1.29, 1.82) is 0 Å². The van der Waals surface area contributed by atoms with E-state index >= 15 is 0 Å². The summed E-state index contributed by atoms with van der Waals surface area (Å²) < 4.78 is 25.4. The monoisotopic (exact) mass is 372 g/mol. The number of anilines is 1. The van der Waals surface area contributed by atoms with Crippen LogP contribution in [0.5, 0.6) is 11.8 Å². The van der Waals surface area contributed by atoms with Gasteiger partial charge in [-0.1, -0.05) is 6.42 Å². The van der Waals surface area contributed by atoms with Gasteiger partial charge in [-0.2, -0.15) is 4.98 Å². The van der Waals surface area contributed by atoms with Gasteiger partial charge in [0.15, 0.2) is 11.6 Å². The first kappa shape index (κ1) is 17.9. The standard InChI is InChI=1S/C20H25FN4O2/c21-17-7-4-10-23-20(17)27-16-8-11-25(12-9-16)18-13-22-14-19(24-18)26-15-5-2-1-3-6-15/h4,7,10,13-16H,1-3,5-6,8-9,11-12H2. The number of aromatic nitrogens is 3. The molecule has 6 nitrogen and oxygen atoms in total. The molecule has 2 aromatic rings. The summed E-state index contributed by atoms with van der Waals surface area (Å²) in [4.78, 5) is 15.1. The maximum atomic E-state index is 13.7. The number of ether oxygens (including phenoxy) is 2. The van der Waals surface area contributed by atoms with Crippen LogP contribution in [0.1, 0.15) is 44.9 Å². The van der Waals surface area contributed by atoms with Crippen molar-refractivity contribution in [3.05, 3.63) is 36.5 Å². The number of pyridine rings is 1. The highest BCUT2D eigenvalue weighted by Crippen LogP contribution is 2.25. The summed E-state index contributed by atoms with van der Waals surface area (Å²) in [5.74, 6) is 1.09. The third-order valence-electron chi connectivity index (χ3n) is 5.21. The highest BCUT2D eigenvalue weighted by Gasteiger charge is 2.24. The molecule has 1 aliphatic heterocycles. The van der Waals surface area contributed by atoms with Gasteiger partial charge in [0, 0.05) is 32.1 Å². The molecule has 2 aromatic heterocycles. The second kappa shape index (κ2) is 8.50.